The zero-order valence-corrected chi connectivity index (χ0v) is 12.2. The number of nitrogens with zero attached hydrogens (tertiary/aromatic N) is 2. The fourth-order valence-electron chi connectivity index (χ4n) is 2.05. The molecule has 0 bridgehead atoms. The molecule has 2 rings (SSSR count). The van der Waals surface area contributed by atoms with E-state index in [0.29, 0.717) is 0 Å². The van der Waals surface area contributed by atoms with Crippen LogP contribution in [0.15, 0.2) is 24.5 Å². The Kier molecular flexibility index (Phi) is 2.92. The molecule has 0 aliphatic carbocycles. The molecule has 2 heterocycles. The van der Waals surface area contributed by atoms with Gasteiger partial charge in [0.15, 0.2) is 0 Å². The molecule has 0 aliphatic heterocycles. The first-order valence-electron chi connectivity index (χ1n) is 6.45. The lowest BCUT2D eigenvalue weighted by Gasteiger charge is -2.22. The highest BCUT2D eigenvalue weighted by Crippen LogP contribution is 2.30. The van der Waals surface area contributed by atoms with Gasteiger partial charge >= 0.3 is 0 Å². The van der Waals surface area contributed by atoms with Crippen LogP contribution in [0.5, 0.6) is 0 Å². The maximum Gasteiger partial charge on any atom is 0.0924 e. The topological polar surface area (TPSA) is 25.8 Å². The molecule has 18 heavy (non-hydrogen) atoms. The lowest BCUT2D eigenvalue weighted by Crippen LogP contribution is -2.14. The van der Waals surface area contributed by atoms with E-state index in [4.69, 9.17) is 0 Å². The minimum absolute atomic E-state index is 0.0947. The van der Waals surface area contributed by atoms with E-state index >= 15 is 0 Å². The summed E-state index contributed by atoms with van der Waals surface area (Å²) < 4.78 is 0. The van der Waals surface area contributed by atoms with Crippen molar-refractivity contribution in [1.29, 1.82) is 0 Å². The van der Waals surface area contributed by atoms with Gasteiger partial charge in [0.1, 0.15) is 0 Å². The molecule has 2 aromatic rings. The third kappa shape index (κ3) is 2.38. The highest BCUT2D eigenvalue weighted by molar-refractivity contribution is 5.79. The summed E-state index contributed by atoms with van der Waals surface area (Å²) in [6, 6.07) is 4.24. The molecule has 0 spiro atoms. The van der Waals surface area contributed by atoms with E-state index in [2.05, 4.69) is 63.6 Å². The van der Waals surface area contributed by atoms with Crippen molar-refractivity contribution in [3.63, 3.8) is 0 Å². The molecule has 0 radical (unpaired) electrons. The van der Waals surface area contributed by atoms with Gasteiger partial charge in [-0.3, -0.25) is 9.97 Å². The second-order valence-electron chi connectivity index (χ2n) is 6.95. The summed E-state index contributed by atoms with van der Waals surface area (Å²) in [7, 11) is 0. The maximum atomic E-state index is 4.65. The Balaban J connectivity index is 2.68. The highest BCUT2D eigenvalue weighted by atomic mass is 14.7. The molecule has 2 aromatic heterocycles. The van der Waals surface area contributed by atoms with Crippen molar-refractivity contribution in [2.45, 2.75) is 52.4 Å². The molecule has 96 valence electrons. The molecule has 0 N–H and O–H groups in total. The normalized spacial score (nSPS) is 13.0. The Morgan fingerprint density at radius 2 is 1.56 bits per heavy atom. The summed E-state index contributed by atoms with van der Waals surface area (Å²) in [5.41, 5.74) is 4.72. The third-order valence-corrected chi connectivity index (χ3v) is 3.25. The molecule has 2 nitrogen and oxygen atoms in total. The van der Waals surface area contributed by atoms with E-state index in [1.807, 2.05) is 12.4 Å². The Hall–Kier alpha value is -1.44. The van der Waals surface area contributed by atoms with Gasteiger partial charge in [-0.2, -0.15) is 0 Å². The summed E-state index contributed by atoms with van der Waals surface area (Å²) in [5, 5.41) is 0. The number of hydrogen-bond donors (Lipinski definition) is 0. The fourth-order valence-corrected chi connectivity index (χ4v) is 2.05. The average Bonchev–Trinajstić information content (AvgIpc) is 2.25. The Morgan fingerprint density at radius 1 is 0.889 bits per heavy atom. The fraction of sp³-hybridized carbons (Fsp3) is 0.500. The molecule has 2 heteroatoms. The van der Waals surface area contributed by atoms with Gasteiger partial charge in [0.2, 0.25) is 0 Å². The molecule has 0 fully saturated rings. The van der Waals surface area contributed by atoms with Crippen molar-refractivity contribution >= 4 is 11.0 Å². The van der Waals surface area contributed by atoms with E-state index < -0.39 is 0 Å². The van der Waals surface area contributed by atoms with E-state index in [1.165, 1.54) is 11.1 Å². The minimum atomic E-state index is 0.0947. The summed E-state index contributed by atoms with van der Waals surface area (Å²) in [6.07, 6.45) is 3.87. The standard InChI is InChI=1S/C16H22N2/c1-15(2,3)11-9-13-14(18-10-11)12(7-8-17-13)16(4,5)6/h7-10H,1-6H3. The zero-order chi connectivity index (χ0) is 13.6. The lowest BCUT2D eigenvalue weighted by atomic mass is 9.85. The SMILES string of the molecule is CC(C)(C)c1cnc2c(C(C)(C)C)ccnc2c1. The van der Waals surface area contributed by atoms with Crippen molar-refractivity contribution in [2.75, 3.05) is 0 Å². The maximum absolute atomic E-state index is 4.65. The summed E-state index contributed by atoms with van der Waals surface area (Å²) >= 11 is 0. The molecular formula is C16H22N2. The van der Waals surface area contributed by atoms with E-state index in [0.717, 1.165) is 11.0 Å². The molecule has 0 atom stereocenters. The Labute approximate surface area is 109 Å². The quantitative estimate of drug-likeness (QED) is 0.691. The highest BCUT2D eigenvalue weighted by Gasteiger charge is 2.20. The van der Waals surface area contributed by atoms with Crippen LogP contribution in [0.4, 0.5) is 0 Å². The van der Waals surface area contributed by atoms with Crippen LogP contribution in [-0.4, -0.2) is 9.97 Å². The second kappa shape index (κ2) is 4.04. The van der Waals surface area contributed by atoms with Crippen LogP contribution < -0.4 is 0 Å². The van der Waals surface area contributed by atoms with Gasteiger partial charge < -0.3 is 0 Å². The van der Waals surface area contributed by atoms with Gasteiger partial charge in [-0.15, -0.1) is 0 Å². The molecular weight excluding hydrogens is 220 g/mol. The number of pyridine rings is 2. The van der Waals surface area contributed by atoms with Gasteiger partial charge in [-0.1, -0.05) is 41.5 Å². The van der Waals surface area contributed by atoms with Crippen LogP contribution in [0.25, 0.3) is 11.0 Å². The second-order valence-corrected chi connectivity index (χ2v) is 6.95. The van der Waals surface area contributed by atoms with Crippen LogP contribution in [0, 0.1) is 0 Å². The Morgan fingerprint density at radius 3 is 2.11 bits per heavy atom. The van der Waals surface area contributed by atoms with E-state index in [9.17, 15) is 0 Å². The number of fused-ring (bicyclic) bond motifs is 1. The van der Waals surface area contributed by atoms with Crippen LogP contribution in [-0.2, 0) is 10.8 Å². The summed E-state index contributed by atoms with van der Waals surface area (Å²) in [6.45, 7) is 13.2. The van der Waals surface area contributed by atoms with Crippen LogP contribution >= 0.6 is 0 Å². The first-order valence-corrected chi connectivity index (χ1v) is 6.45. The number of aromatic nitrogens is 2. The van der Waals surface area contributed by atoms with Crippen LogP contribution in [0.1, 0.15) is 52.7 Å². The molecule has 0 saturated heterocycles. The van der Waals surface area contributed by atoms with Gasteiger partial charge in [0.25, 0.3) is 0 Å². The van der Waals surface area contributed by atoms with Crippen molar-refractivity contribution in [2.24, 2.45) is 0 Å². The van der Waals surface area contributed by atoms with Crippen molar-refractivity contribution in [3.05, 3.63) is 35.7 Å². The molecule has 0 saturated carbocycles. The van der Waals surface area contributed by atoms with Gasteiger partial charge in [0.05, 0.1) is 11.0 Å². The predicted octanol–water partition coefficient (Wildman–Crippen LogP) is 4.22. The summed E-state index contributed by atoms with van der Waals surface area (Å²) in [4.78, 5) is 9.12. The first kappa shape index (κ1) is 13.0. The number of rotatable bonds is 0. The van der Waals surface area contributed by atoms with E-state index in [-0.39, 0.29) is 10.8 Å². The molecule has 0 unspecified atom stereocenters. The lowest BCUT2D eigenvalue weighted by molar-refractivity contribution is 0.586. The monoisotopic (exact) mass is 242 g/mol. The molecule has 0 aromatic carbocycles. The third-order valence-electron chi connectivity index (χ3n) is 3.25. The van der Waals surface area contributed by atoms with Crippen molar-refractivity contribution in [1.82, 2.24) is 9.97 Å². The van der Waals surface area contributed by atoms with Gasteiger partial charge in [-0.25, -0.2) is 0 Å². The zero-order valence-electron chi connectivity index (χ0n) is 12.2. The molecule has 0 aliphatic rings. The van der Waals surface area contributed by atoms with Crippen LogP contribution in [0.2, 0.25) is 0 Å². The van der Waals surface area contributed by atoms with Crippen molar-refractivity contribution in [3.8, 4) is 0 Å². The first-order chi connectivity index (χ1) is 8.19. The predicted molar refractivity (Wildman–Crippen MR) is 76.9 cm³/mol. The Bertz CT molecular complexity index is 572. The summed E-state index contributed by atoms with van der Waals surface area (Å²) in [5.74, 6) is 0. The van der Waals surface area contributed by atoms with Gasteiger partial charge in [-0.05, 0) is 34.1 Å². The minimum Gasteiger partial charge on any atom is -0.255 e. The average molecular weight is 242 g/mol. The van der Waals surface area contributed by atoms with Gasteiger partial charge in [0, 0.05) is 12.4 Å². The smallest absolute Gasteiger partial charge is 0.0924 e. The molecule has 0 amide bonds. The van der Waals surface area contributed by atoms with E-state index in [1.54, 1.807) is 0 Å². The number of hydrogen-bond acceptors (Lipinski definition) is 2. The largest absolute Gasteiger partial charge is 0.255 e. The van der Waals surface area contributed by atoms with Crippen molar-refractivity contribution < 1.29 is 0 Å². The van der Waals surface area contributed by atoms with Crippen LogP contribution in [0.3, 0.4) is 0 Å².